The van der Waals surface area contributed by atoms with Gasteiger partial charge in [-0.3, -0.25) is 15.1 Å². The predicted octanol–water partition coefficient (Wildman–Crippen LogP) is 5.97. The van der Waals surface area contributed by atoms with Crippen LogP contribution in [0.2, 0.25) is 0 Å². The first-order valence-electron chi connectivity index (χ1n) is 13.0. The van der Waals surface area contributed by atoms with Crippen molar-refractivity contribution in [2.45, 2.75) is 70.1 Å². The van der Waals surface area contributed by atoms with E-state index >= 15 is 0 Å². The highest BCUT2D eigenvalue weighted by Gasteiger charge is 2.50. The Hall–Kier alpha value is -3.18. The molecule has 5 rings (SSSR count). The third kappa shape index (κ3) is 5.03. The number of rotatable bonds is 7. The van der Waals surface area contributed by atoms with E-state index in [1.54, 1.807) is 7.11 Å². The Bertz CT molecular complexity index is 1190. The molecule has 1 aliphatic carbocycles. The molecule has 2 heterocycles. The fourth-order valence-electron chi connectivity index (χ4n) is 5.57. The molecule has 1 N–H and O–H groups in total. The number of methoxy groups -OCH3 is 1. The maximum atomic E-state index is 14.0. The van der Waals surface area contributed by atoms with Crippen molar-refractivity contribution in [3.63, 3.8) is 0 Å². The number of amides is 1. The van der Waals surface area contributed by atoms with Crippen LogP contribution in [0.5, 0.6) is 5.75 Å². The van der Waals surface area contributed by atoms with E-state index in [2.05, 4.69) is 78.4 Å². The lowest BCUT2D eigenvalue weighted by atomic mass is 9.86. The summed E-state index contributed by atoms with van der Waals surface area (Å²) in [5, 5.41) is 3.73. The molecule has 2 aromatic carbocycles. The van der Waals surface area contributed by atoms with Gasteiger partial charge in [-0.25, -0.2) is 0 Å². The first kappa shape index (κ1) is 24.5. The Labute approximate surface area is 214 Å². The molecule has 0 spiro atoms. The van der Waals surface area contributed by atoms with Crippen molar-refractivity contribution in [2.24, 2.45) is 5.92 Å². The minimum absolute atomic E-state index is 0.00982. The average molecular weight is 484 g/mol. The fraction of sp³-hybridized carbons (Fsp3) is 0.419. The standard InChI is InChI=1S/C31H37N3O2/c1-31(2,3)24-10-12-28(36-4)23(18-24)20-33-29-13-11-27(22-8-6-5-7-9-22)34(29)30(35)26-19-25(26)21-14-16-32-17-15-21/h5-10,12,14-18,25-27,29,33H,11,13,19-20H2,1-4H3. The lowest BCUT2D eigenvalue weighted by molar-refractivity contribution is -0.136. The van der Waals surface area contributed by atoms with Crippen molar-refractivity contribution in [3.05, 3.63) is 95.3 Å². The van der Waals surface area contributed by atoms with Gasteiger partial charge in [-0.1, -0.05) is 63.2 Å². The van der Waals surface area contributed by atoms with Crippen molar-refractivity contribution in [3.8, 4) is 5.75 Å². The second kappa shape index (κ2) is 10.1. The van der Waals surface area contributed by atoms with Crippen molar-refractivity contribution in [1.29, 1.82) is 0 Å². The molecule has 188 valence electrons. The molecule has 4 atom stereocenters. The second-order valence-electron chi connectivity index (χ2n) is 11.2. The van der Waals surface area contributed by atoms with Gasteiger partial charge in [0.1, 0.15) is 5.75 Å². The van der Waals surface area contributed by atoms with Gasteiger partial charge in [0.15, 0.2) is 0 Å². The normalized spacial score (nSPS) is 23.5. The number of pyridine rings is 1. The molecular formula is C31H37N3O2. The molecule has 0 radical (unpaired) electrons. The summed E-state index contributed by atoms with van der Waals surface area (Å²) in [6, 6.07) is 21.1. The van der Waals surface area contributed by atoms with Crippen molar-refractivity contribution >= 4 is 5.91 Å². The number of hydrogen-bond acceptors (Lipinski definition) is 4. The summed E-state index contributed by atoms with van der Waals surface area (Å²) in [6.45, 7) is 7.33. The first-order valence-corrected chi connectivity index (χ1v) is 13.0. The van der Waals surface area contributed by atoms with E-state index in [4.69, 9.17) is 4.74 Å². The Morgan fingerprint density at radius 3 is 2.47 bits per heavy atom. The molecule has 2 fully saturated rings. The van der Waals surface area contributed by atoms with E-state index in [-0.39, 0.29) is 29.4 Å². The van der Waals surface area contributed by atoms with Gasteiger partial charge in [0, 0.05) is 30.4 Å². The smallest absolute Gasteiger partial charge is 0.228 e. The van der Waals surface area contributed by atoms with Gasteiger partial charge in [-0.2, -0.15) is 0 Å². The molecule has 1 saturated heterocycles. The number of benzene rings is 2. The minimum atomic E-state index is -0.00982. The topological polar surface area (TPSA) is 54.5 Å². The molecule has 0 bridgehead atoms. The van der Waals surface area contributed by atoms with Crippen LogP contribution in [0, 0.1) is 5.92 Å². The van der Waals surface area contributed by atoms with Crippen LogP contribution in [0.15, 0.2) is 73.1 Å². The van der Waals surface area contributed by atoms with Crippen LogP contribution in [0.1, 0.15) is 74.2 Å². The summed E-state index contributed by atoms with van der Waals surface area (Å²) in [5.74, 6) is 1.48. The first-order chi connectivity index (χ1) is 17.4. The lowest BCUT2D eigenvalue weighted by Crippen LogP contribution is -2.46. The number of carbonyl (C=O) groups is 1. The maximum absolute atomic E-state index is 14.0. The molecule has 1 saturated carbocycles. The van der Waals surface area contributed by atoms with Gasteiger partial charge in [0.05, 0.1) is 19.3 Å². The molecule has 1 amide bonds. The van der Waals surface area contributed by atoms with Crippen LogP contribution in [-0.2, 0) is 16.8 Å². The number of likely N-dealkylation sites (tertiary alicyclic amines) is 1. The number of hydrogen-bond donors (Lipinski definition) is 1. The second-order valence-corrected chi connectivity index (χ2v) is 11.2. The monoisotopic (exact) mass is 483 g/mol. The van der Waals surface area contributed by atoms with Crippen LogP contribution >= 0.6 is 0 Å². The van der Waals surface area contributed by atoms with Gasteiger partial charge < -0.3 is 9.64 Å². The van der Waals surface area contributed by atoms with Gasteiger partial charge in [-0.05, 0) is 65.5 Å². The number of nitrogens with one attached hydrogen (secondary N) is 1. The molecule has 1 aliphatic heterocycles. The molecular weight excluding hydrogens is 446 g/mol. The van der Waals surface area contributed by atoms with Gasteiger partial charge in [0.25, 0.3) is 0 Å². The Morgan fingerprint density at radius 2 is 1.78 bits per heavy atom. The van der Waals surface area contributed by atoms with Crippen molar-refractivity contribution in [2.75, 3.05) is 7.11 Å². The summed E-state index contributed by atoms with van der Waals surface area (Å²) in [7, 11) is 1.72. The van der Waals surface area contributed by atoms with Gasteiger partial charge >= 0.3 is 0 Å². The Morgan fingerprint density at radius 1 is 1.03 bits per heavy atom. The predicted molar refractivity (Wildman–Crippen MR) is 143 cm³/mol. The third-order valence-electron chi connectivity index (χ3n) is 7.74. The summed E-state index contributed by atoms with van der Waals surface area (Å²) < 4.78 is 5.68. The van der Waals surface area contributed by atoms with E-state index in [0.717, 1.165) is 30.6 Å². The van der Waals surface area contributed by atoms with Crippen LogP contribution < -0.4 is 10.1 Å². The summed E-state index contributed by atoms with van der Waals surface area (Å²) >= 11 is 0. The zero-order valence-corrected chi connectivity index (χ0v) is 21.8. The number of aromatic nitrogens is 1. The van der Waals surface area contributed by atoms with Crippen LogP contribution in [0.4, 0.5) is 0 Å². The summed E-state index contributed by atoms with van der Waals surface area (Å²) in [6.07, 6.45) is 6.43. The van der Waals surface area contributed by atoms with E-state index in [1.165, 1.54) is 16.7 Å². The van der Waals surface area contributed by atoms with E-state index in [0.29, 0.717) is 12.5 Å². The zero-order chi connectivity index (χ0) is 25.3. The largest absolute Gasteiger partial charge is 0.496 e. The Kier molecular flexibility index (Phi) is 6.85. The minimum Gasteiger partial charge on any atom is -0.496 e. The average Bonchev–Trinajstić information content (AvgIpc) is 3.59. The number of ether oxygens (including phenoxy) is 1. The lowest BCUT2D eigenvalue weighted by Gasteiger charge is -2.32. The third-order valence-corrected chi connectivity index (χ3v) is 7.74. The maximum Gasteiger partial charge on any atom is 0.228 e. The molecule has 1 aromatic heterocycles. The van der Waals surface area contributed by atoms with Gasteiger partial charge in [0.2, 0.25) is 5.91 Å². The highest BCUT2D eigenvalue weighted by Crippen LogP contribution is 2.50. The van der Waals surface area contributed by atoms with Crippen LogP contribution in [-0.4, -0.2) is 29.1 Å². The summed E-state index contributed by atoms with van der Waals surface area (Å²) in [5.41, 5.74) is 4.89. The number of carbonyl (C=O) groups excluding carboxylic acids is 1. The molecule has 4 unspecified atom stereocenters. The van der Waals surface area contributed by atoms with Crippen LogP contribution in [0.25, 0.3) is 0 Å². The molecule has 36 heavy (non-hydrogen) atoms. The molecule has 3 aromatic rings. The number of nitrogens with zero attached hydrogens (tertiary/aromatic N) is 2. The molecule has 5 heteroatoms. The highest BCUT2D eigenvalue weighted by molar-refractivity contribution is 5.84. The van der Waals surface area contributed by atoms with Gasteiger partial charge in [-0.15, -0.1) is 0 Å². The van der Waals surface area contributed by atoms with Crippen molar-refractivity contribution in [1.82, 2.24) is 15.2 Å². The van der Waals surface area contributed by atoms with E-state index < -0.39 is 0 Å². The van der Waals surface area contributed by atoms with E-state index in [1.807, 2.05) is 30.6 Å². The van der Waals surface area contributed by atoms with Crippen molar-refractivity contribution < 1.29 is 9.53 Å². The van der Waals surface area contributed by atoms with Crippen LogP contribution in [0.3, 0.4) is 0 Å². The summed E-state index contributed by atoms with van der Waals surface area (Å²) in [4.78, 5) is 20.2. The molecule has 2 aliphatic rings. The zero-order valence-electron chi connectivity index (χ0n) is 21.8. The fourth-order valence-corrected chi connectivity index (χ4v) is 5.57. The molecule has 5 nitrogen and oxygen atoms in total. The quantitative estimate of drug-likeness (QED) is 0.450. The van der Waals surface area contributed by atoms with E-state index in [9.17, 15) is 4.79 Å². The SMILES string of the molecule is COc1ccc(C(C)(C)C)cc1CNC1CCC(c2ccccc2)N1C(=O)C1CC1c1ccncc1. The highest BCUT2D eigenvalue weighted by atomic mass is 16.5. The Balaban J connectivity index is 1.37.